The van der Waals surface area contributed by atoms with Gasteiger partial charge in [-0.1, -0.05) is 0 Å². The average molecular weight is 399 g/mol. The Labute approximate surface area is 165 Å². The lowest BCUT2D eigenvalue weighted by molar-refractivity contribution is -0.107. The Balaban J connectivity index is 1.73. The lowest BCUT2D eigenvalue weighted by Gasteiger charge is -2.35. The highest BCUT2D eigenvalue weighted by atomic mass is 32.1. The second-order valence-corrected chi connectivity index (χ2v) is 7.37. The SMILES string of the molecule is Cc1nsc(-c2nc(CC=O)c3n2CCN(C(=O)c2ccc(F)cc2)[C@@H]3C)n1. The summed E-state index contributed by atoms with van der Waals surface area (Å²) in [6.45, 7) is 4.74. The van der Waals surface area contributed by atoms with Crippen LogP contribution in [0, 0.1) is 12.7 Å². The van der Waals surface area contributed by atoms with Crippen LogP contribution in [0.4, 0.5) is 4.39 Å². The van der Waals surface area contributed by atoms with Gasteiger partial charge in [-0.25, -0.2) is 14.4 Å². The molecule has 0 aliphatic carbocycles. The van der Waals surface area contributed by atoms with Crippen LogP contribution in [0.3, 0.4) is 0 Å². The van der Waals surface area contributed by atoms with Gasteiger partial charge in [0, 0.05) is 25.1 Å². The third-order valence-electron chi connectivity index (χ3n) is 4.86. The quantitative estimate of drug-likeness (QED) is 0.630. The van der Waals surface area contributed by atoms with Crippen molar-refractivity contribution in [3.05, 3.63) is 52.9 Å². The number of rotatable bonds is 4. The molecule has 1 atom stereocenters. The number of nitrogens with zero attached hydrogens (tertiary/aromatic N) is 5. The van der Waals surface area contributed by atoms with E-state index in [1.54, 1.807) is 4.90 Å². The minimum Gasteiger partial charge on any atom is -0.329 e. The lowest BCUT2D eigenvalue weighted by Crippen LogP contribution is -2.41. The van der Waals surface area contributed by atoms with E-state index in [1.165, 1.54) is 35.8 Å². The Hall–Kier alpha value is -2.94. The van der Waals surface area contributed by atoms with Crippen molar-refractivity contribution in [3.63, 3.8) is 0 Å². The Morgan fingerprint density at radius 1 is 1.29 bits per heavy atom. The van der Waals surface area contributed by atoms with E-state index in [-0.39, 0.29) is 24.2 Å². The van der Waals surface area contributed by atoms with E-state index < -0.39 is 0 Å². The van der Waals surface area contributed by atoms with Gasteiger partial charge in [0.15, 0.2) is 10.8 Å². The molecule has 28 heavy (non-hydrogen) atoms. The minimum atomic E-state index is -0.383. The lowest BCUT2D eigenvalue weighted by atomic mass is 10.1. The molecule has 2 aromatic heterocycles. The zero-order valence-electron chi connectivity index (χ0n) is 15.4. The first-order valence-corrected chi connectivity index (χ1v) is 9.67. The van der Waals surface area contributed by atoms with Gasteiger partial charge >= 0.3 is 0 Å². The average Bonchev–Trinajstić information content (AvgIpc) is 3.26. The van der Waals surface area contributed by atoms with Crippen molar-refractivity contribution in [3.8, 4) is 10.8 Å². The number of carbonyl (C=O) groups is 2. The van der Waals surface area contributed by atoms with Gasteiger partial charge in [0.25, 0.3) is 5.91 Å². The van der Waals surface area contributed by atoms with Gasteiger partial charge in [0.1, 0.15) is 17.9 Å². The number of aromatic nitrogens is 4. The molecular formula is C19H18FN5O2S. The number of aldehydes is 1. The Kier molecular flexibility index (Phi) is 4.76. The number of fused-ring (bicyclic) bond motifs is 1. The summed E-state index contributed by atoms with van der Waals surface area (Å²) < 4.78 is 19.4. The van der Waals surface area contributed by atoms with Crippen LogP contribution in [-0.4, -0.2) is 42.5 Å². The van der Waals surface area contributed by atoms with Crippen LogP contribution >= 0.6 is 11.5 Å². The van der Waals surface area contributed by atoms with Gasteiger partial charge < -0.3 is 14.3 Å². The van der Waals surface area contributed by atoms with Crippen LogP contribution in [0.5, 0.6) is 0 Å². The number of amides is 1. The maximum absolute atomic E-state index is 13.2. The van der Waals surface area contributed by atoms with Crippen molar-refractivity contribution in [2.24, 2.45) is 0 Å². The third kappa shape index (κ3) is 3.11. The largest absolute Gasteiger partial charge is 0.329 e. The standard InChI is InChI=1S/C19H18FN5O2S/c1-11-16-15(7-10-26)22-17(18-21-12(2)23-28-18)25(16)9-8-24(11)19(27)13-3-5-14(20)6-4-13/h3-6,10-11H,7-9H2,1-2H3/t11-/m1/s1. The van der Waals surface area contributed by atoms with E-state index in [2.05, 4.69) is 14.3 Å². The summed E-state index contributed by atoms with van der Waals surface area (Å²) in [4.78, 5) is 35.0. The Morgan fingerprint density at radius 2 is 2.04 bits per heavy atom. The van der Waals surface area contributed by atoms with Gasteiger partial charge in [-0.15, -0.1) is 0 Å². The van der Waals surface area contributed by atoms with Crippen molar-refractivity contribution >= 4 is 23.7 Å². The second-order valence-electron chi connectivity index (χ2n) is 6.62. The van der Waals surface area contributed by atoms with E-state index in [1.807, 2.05) is 18.4 Å². The van der Waals surface area contributed by atoms with Crippen LogP contribution in [0.1, 0.15) is 40.5 Å². The molecule has 3 heterocycles. The summed E-state index contributed by atoms with van der Waals surface area (Å²) in [6, 6.07) is 5.24. The Bertz CT molecular complexity index is 1040. The van der Waals surface area contributed by atoms with E-state index in [4.69, 9.17) is 0 Å². The smallest absolute Gasteiger partial charge is 0.254 e. The van der Waals surface area contributed by atoms with Gasteiger partial charge in [0.05, 0.1) is 17.4 Å². The fraction of sp³-hybridized carbons (Fsp3) is 0.316. The number of carbonyl (C=O) groups excluding carboxylic acids is 2. The summed E-state index contributed by atoms with van der Waals surface area (Å²) >= 11 is 1.26. The molecule has 0 bridgehead atoms. The number of halogens is 1. The monoisotopic (exact) mass is 399 g/mol. The zero-order valence-corrected chi connectivity index (χ0v) is 16.2. The normalized spacial score (nSPS) is 16.1. The predicted molar refractivity (Wildman–Crippen MR) is 101 cm³/mol. The maximum Gasteiger partial charge on any atom is 0.254 e. The van der Waals surface area contributed by atoms with Crippen molar-refractivity contribution in [1.29, 1.82) is 0 Å². The van der Waals surface area contributed by atoms with Gasteiger partial charge in [-0.05, 0) is 49.6 Å². The van der Waals surface area contributed by atoms with Crippen molar-refractivity contribution in [1.82, 2.24) is 23.8 Å². The molecule has 9 heteroatoms. The van der Waals surface area contributed by atoms with E-state index in [0.717, 1.165) is 12.0 Å². The molecule has 7 nitrogen and oxygen atoms in total. The Morgan fingerprint density at radius 3 is 2.68 bits per heavy atom. The highest BCUT2D eigenvalue weighted by molar-refractivity contribution is 7.09. The van der Waals surface area contributed by atoms with Crippen molar-refractivity contribution in [2.45, 2.75) is 32.9 Å². The topological polar surface area (TPSA) is 81.0 Å². The molecule has 1 aliphatic rings. The maximum atomic E-state index is 13.2. The molecule has 0 saturated heterocycles. The van der Waals surface area contributed by atoms with Crippen LogP contribution < -0.4 is 0 Å². The van der Waals surface area contributed by atoms with Gasteiger partial charge in [-0.2, -0.15) is 4.37 Å². The van der Waals surface area contributed by atoms with Crippen LogP contribution in [0.2, 0.25) is 0 Å². The minimum absolute atomic E-state index is 0.163. The van der Waals surface area contributed by atoms with Gasteiger partial charge in [0.2, 0.25) is 0 Å². The number of hydrogen-bond donors (Lipinski definition) is 0. The number of benzene rings is 1. The van der Waals surface area contributed by atoms with Crippen LogP contribution in [0.15, 0.2) is 24.3 Å². The molecule has 0 radical (unpaired) electrons. The number of hydrogen-bond acceptors (Lipinski definition) is 6. The fourth-order valence-electron chi connectivity index (χ4n) is 3.57. The van der Waals surface area contributed by atoms with Gasteiger partial charge in [-0.3, -0.25) is 4.79 Å². The van der Waals surface area contributed by atoms with E-state index in [0.29, 0.717) is 41.0 Å². The molecule has 4 rings (SSSR count). The molecule has 0 N–H and O–H groups in total. The first-order valence-electron chi connectivity index (χ1n) is 8.89. The molecule has 3 aromatic rings. The number of imidazole rings is 1. The number of aryl methyl sites for hydroxylation is 1. The zero-order chi connectivity index (χ0) is 19.8. The van der Waals surface area contributed by atoms with Crippen molar-refractivity contribution < 1.29 is 14.0 Å². The summed E-state index contributed by atoms with van der Waals surface area (Å²) in [5.41, 5.74) is 1.90. The molecule has 0 fully saturated rings. The molecule has 0 unspecified atom stereocenters. The highest BCUT2D eigenvalue weighted by Crippen LogP contribution is 2.34. The molecule has 0 saturated carbocycles. The highest BCUT2D eigenvalue weighted by Gasteiger charge is 2.34. The fourth-order valence-corrected chi connectivity index (χ4v) is 4.24. The summed E-state index contributed by atoms with van der Waals surface area (Å²) in [5, 5.41) is 0.696. The second kappa shape index (κ2) is 7.23. The summed E-state index contributed by atoms with van der Waals surface area (Å²) in [7, 11) is 0. The van der Waals surface area contributed by atoms with E-state index >= 15 is 0 Å². The molecular weight excluding hydrogens is 381 g/mol. The first-order chi connectivity index (χ1) is 13.5. The van der Waals surface area contributed by atoms with Crippen LogP contribution in [-0.2, 0) is 17.8 Å². The third-order valence-corrected chi connectivity index (χ3v) is 5.66. The van der Waals surface area contributed by atoms with E-state index in [9.17, 15) is 14.0 Å². The molecule has 144 valence electrons. The molecule has 0 spiro atoms. The predicted octanol–water partition coefficient (Wildman–Crippen LogP) is 2.81. The molecule has 1 aliphatic heterocycles. The summed E-state index contributed by atoms with van der Waals surface area (Å²) in [5.74, 6) is 0.793. The molecule has 1 aromatic carbocycles. The first kappa shape index (κ1) is 18.4. The van der Waals surface area contributed by atoms with Crippen LogP contribution in [0.25, 0.3) is 10.8 Å². The molecule has 1 amide bonds. The van der Waals surface area contributed by atoms with Crippen molar-refractivity contribution in [2.75, 3.05) is 6.54 Å². The summed E-state index contributed by atoms with van der Waals surface area (Å²) in [6.07, 6.45) is 0.974.